The molecule has 0 spiro atoms. The van der Waals surface area contributed by atoms with Crippen molar-refractivity contribution < 1.29 is 47.3 Å². The van der Waals surface area contributed by atoms with Crippen LogP contribution >= 0.6 is 0 Å². The molecule has 1 aliphatic rings. The monoisotopic (exact) mass is 350 g/mol. The zero-order chi connectivity index (χ0) is 18.5. The quantitative estimate of drug-likeness (QED) is 0.484. The Morgan fingerprint density at radius 1 is 0.917 bits per heavy atom. The molecule has 0 aromatic carbocycles. The summed E-state index contributed by atoms with van der Waals surface area (Å²) in [6.45, 7) is 2.39. The first-order valence-corrected chi connectivity index (χ1v) is 7.00. The van der Waals surface area contributed by atoms with Crippen LogP contribution in [0, 0.1) is 0 Å². The van der Waals surface area contributed by atoms with Gasteiger partial charge in [-0.05, 0) is 0 Å². The highest BCUT2D eigenvalue weighted by Crippen LogP contribution is 2.37. The van der Waals surface area contributed by atoms with Crippen molar-refractivity contribution in [1.82, 2.24) is 0 Å². The Hall–Kier alpha value is -2.23. The number of esters is 4. The van der Waals surface area contributed by atoms with Crippen LogP contribution in [0.1, 0.15) is 27.7 Å². The highest BCUT2D eigenvalue weighted by molar-refractivity contribution is 5.68. The van der Waals surface area contributed by atoms with Crippen molar-refractivity contribution in [3.8, 4) is 0 Å². The lowest BCUT2D eigenvalue weighted by Crippen LogP contribution is -2.52. The van der Waals surface area contributed by atoms with Gasteiger partial charge in [-0.3, -0.25) is 19.2 Å². The molecule has 0 N–H and O–H groups in total. The number of alkyl halides is 1. The molecule has 1 saturated heterocycles. The molecule has 0 amide bonds. The molecule has 24 heavy (non-hydrogen) atoms. The summed E-state index contributed by atoms with van der Waals surface area (Å²) in [4.78, 5) is 44.9. The second-order valence-corrected chi connectivity index (χ2v) is 5.18. The molecule has 10 heteroatoms. The minimum absolute atomic E-state index is 0.633. The molecule has 0 saturated carbocycles. The minimum atomic E-state index is -1.97. The van der Waals surface area contributed by atoms with Gasteiger partial charge in [-0.25, -0.2) is 4.39 Å². The van der Waals surface area contributed by atoms with Crippen LogP contribution in [0.15, 0.2) is 0 Å². The standard InChI is InChI=1S/C14H19FO9/c1-7(16)20-6-14(5-15)12(22-9(3)18)11(21-8(2)17)13(24-14)23-10(4)19/h11-13H,5-6H2,1-4H3/t11-,12+,13?,14-/m1/s1. The molecule has 0 bridgehead atoms. The van der Waals surface area contributed by atoms with E-state index in [1.165, 1.54) is 0 Å². The number of ether oxygens (including phenoxy) is 5. The third-order valence-corrected chi connectivity index (χ3v) is 3.06. The van der Waals surface area contributed by atoms with E-state index in [2.05, 4.69) is 0 Å². The molecule has 1 fully saturated rings. The number of carbonyl (C=O) groups excluding carboxylic acids is 4. The van der Waals surface area contributed by atoms with Crippen LogP contribution in [0.25, 0.3) is 0 Å². The van der Waals surface area contributed by atoms with Crippen LogP contribution in [0.5, 0.6) is 0 Å². The van der Waals surface area contributed by atoms with E-state index < -0.39 is 61.3 Å². The maximum atomic E-state index is 13.7. The zero-order valence-corrected chi connectivity index (χ0v) is 13.7. The fraction of sp³-hybridized carbons (Fsp3) is 0.714. The summed E-state index contributed by atoms with van der Waals surface area (Å²) in [5.74, 6) is -3.13. The van der Waals surface area contributed by atoms with E-state index >= 15 is 0 Å². The SMILES string of the molecule is CC(=O)OC[C@@]1(CF)OC(OC(C)=O)[C@H](OC(C)=O)[C@@H]1OC(C)=O. The van der Waals surface area contributed by atoms with Crippen LogP contribution in [-0.2, 0) is 42.9 Å². The third kappa shape index (κ3) is 4.88. The van der Waals surface area contributed by atoms with E-state index in [9.17, 15) is 23.6 Å². The van der Waals surface area contributed by atoms with E-state index in [0.717, 1.165) is 27.7 Å². The highest BCUT2D eigenvalue weighted by atomic mass is 19.1. The molecule has 136 valence electrons. The molecule has 0 aromatic rings. The molecular weight excluding hydrogens is 331 g/mol. The summed E-state index contributed by atoms with van der Waals surface area (Å²) in [7, 11) is 0. The molecule has 0 aromatic heterocycles. The molecule has 9 nitrogen and oxygen atoms in total. The van der Waals surface area contributed by atoms with Gasteiger partial charge in [-0.2, -0.15) is 0 Å². The Balaban J connectivity index is 3.21. The van der Waals surface area contributed by atoms with Gasteiger partial charge in [0.1, 0.15) is 13.3 Å². The minimum Gasteiger partial charge on any atom is -0.463 e. The van der Waals surface area contributed by atoms with Crippen LogP contribution in [0.2, 0.25) is 0 Å². The summed E-state index contributed by atoms with van der Waals surface area (Å²) in [5, 5.41) is 0. The van der Waals surface area contributed by atoms with Crippen LogP contribution < -0.4 is 0 Å². The van der Waals surface area contributed by atoms with Crippen molar-refractivity contribution in [2.24, 2.45) is 0 Å². The van der Waals surface area contributed by atoms with Gasteiger partial charge in [0.15, 0.2) is 11.7 Å². The lowest BCUT2D eigenvalue weighted by atomic mass is 9.97. The number of halogens is 1. The number of rotatable bonds is 6. The first kappa shape index (κ1) is 19.8. The largest absolute Gasteiger partial charge is 0.463 e. The van der Waals surface area contributed by atoms with Gasteiger partial charge in [-0.15, -0.1) is 0 Å². The van der Waals surface area contributed by atoms with Crippen molar-refractivity contribution in [2.75, 3.05) is 13.3 Å². The molecule has 0 radical (unpaired) electrons. The van der Waals surface area contributed by atoms with E-state index in [4.69, 9.17) is 23.7 Å². The summed E-state index contributed by atoms with van der Waals surface area (Å²) in [6.07, 6.45) is -4.42. The van der Waals surface area contributed by atoms with Crippen molar-refractivity contribution in [1.29, 1.82) is 0 Å². The van der Waals surface area contributed by atoms with E-state index in [1.54, 1.807) is 0 Å². The molecule has 1 unspecified atom stereocenters. The van der Waals surface area contributed by atoms with Crippen LogP contribution in [0.4, 0.5) is 4.39 Å². The molecule has 4 atom stereocenters. The lowest BCUT2D eigenvalue weighted by molar-refractivity contribution is -0.214. The van der Waals surface area contributed by atoms with Gasteiger partial charge in [-0.1, -0.05) is 0 Å². The Morgan fingerprint density at radius 3 is 1.88 bits per heavy atom. The number of hydrogen-bond donors (Lipinski definition) is 0. The van der Waals surface area contributed by atoms with Gasteiger partial charge in [0, 0.05) is 27.7 Å². The predicted molar refractivity (Wildman–Crippen MR) is 73.1 cm³/mol. The average Bonchev–Trinajstić information content (AvgIpc) is 2.70. The Kier molecular flexibility index (Phi) is 6.64. The molecule has 1 heterocycles. The van der Waals surface area contributed by atoms with Gasteiger partial charge < -0.3 is 23.7 Å². The smallest absolute Gasteiger partial charge is 0.305 e. The van der Waals surface area contributed by atoms with Gasteiger partial charge in [0.2, 0.25) is 12.4 Å². The first-order valence-electron chi connectivity index (χ1n) is 7.00. The van der Waals surface area contributed by atoms with Crippen molar-refractivity contribution in [2.45, 2.75) is 51.8 Å². The van der Waals surface area contributed by atoms with Crippen molar-refractivity contribution >= 4 is 23.9 Å². The molecular formula is C14H19FO9. The second kappa shape index (κ2) is 8.04. The van der Waals surface area contributed by atoms with Crippen molar-refractivity contribution in [3.05, 3.63) is 0 Å². The lowest BCUT2D eigenvalue weighted by Gasteiger charge is -2.30. The number of carbonyl (C=O) groups is 4. The zero-order valence-electron chi connectivity index (χ0n) is 13.7. The molecule has 1 rings (SSSR count). The maximum Gasteiger partial charge on any atom is 0.305 e. The summed E-state index contributed by atoms with van der Waals surface area (Å²) >= 11 is 0. The Bertz CT molecular complexity index is 520. The van der Waals surface area contributed by atoms with E-state index in [-0.39, 0.29) is 0 Å². The first-order chi connectivity index (χ1) is 11.1. The molecule has 1 aliphatic heterocycles. The third-order valence-electron chi connectivity index (χ3n) is 3.06. The van der Waals surface area contributed by atoms with Crippen LogP contribution in [-0.4, -0.2) is 61.3 Å². The highest BCUT2D eigenvalue weighted by Gasteiger charge is 2.61. The Labute approximate surface area is 137 Å². The maximum absolute atomic E-state index is 13.7. The normalized spacial score (nSPS) is 28.8. The fourth-order valence-electron chi connectivity index (χ4n) is 2.21. The average molecular weight is 350 g/mol. The van der Waals surface area contributed by atoms with Gasteiger partial charge >= 0.3 is 23.9 Å². The van der Waals surface area contributed by atoms with Gasteiger partial charge in [0.05, 0.1) is 0 Å². The fourth-order valence-corrected chi connectivity index (χ4v) is 2.21. The Morgan fingerprint density at radius 2 is 1.46 bits per heavy atom. The summed E-state index contributed by atoms with van der Waals surface area (Å²) < 4.78 is 38.7. The predicted octanol–water partition coefficient (Wildman–Crippen LogP) is 0.0406. The molecule has 0 aliphatic carbocycles. The summed E-state index contributed by atoms with van der Waals surface area (Å²) in [5.41, 5.74) is -1.97. The topological polar surface area (TPSA) is 114 Å². The summed E-state index contributed by atoms with van der Waals surface area (Å²) in [6, 6.07) is 0. The second-order valence-electron chi connectivity index (χ2n) is 5.18. The van der Waals surface area contributed by atoms with E-state index in [1.807, 2.05) is 0 Å². The van der Waals surface area contributed by atoms with Crippen LogP contribution in [0.3, 0.4) is 0 Å². The number of hydrogen-bond acceptors (Lipinski definition) is 9. The van der Waals surface area contributed by atoms with E-state index in [0.29, 0.717) is 0 Å². The van der Waals surface area contributed by atoms with Crippen molar-refractivity contribution in [3.63, 3.8) is 0 Å². The van der Waals surface area contributed by atoms with Gasteiger partial charge in [0.25, 0.3) is 0 Å².